The first-order valence-corrected chi connectivity index (χ1v) is 6.70. The molecule has 3 saturated carbocycles. The zero-order chi connectivity index (χ0) is 12.3. The Kier molecular flexibility index (Phi) is 2.08. The van der Waals surface area contributed by atoms with Crippen LogP contribution in [0.1, 0.15) is 45.6 Å². The van der Waals surface area contributed by atoms with Crippen molar-refractivity contribution in [1.29, 1.82) is 0 Å². The first-order chi connectivity index (χ1) is 7.92. The van der Waals surface area contributed by atoms with Gasteiger partial charge >= 0.3 is 0 Å². The van der Waals surface area contributed by atoms with E-state index in [0.717, 1.165) is 12.8 Å². The quantitative estimate of drug-likeness (QED) is 0.782. The fraction of sp³-hybridized carbons (Fsp3) is 0.625. The van der Waals surface area contributed by atoms with E-state index in [2.05, 4.69) is 51.1 Å². The number of hydrogen-bond donors (Lipinski definition) is 1. The van der Waals surface area contributed by atoms with Crippen LogP contribution >= 0.6 is 0 Å². The molecule has 1 nitrogen and oxygen atoms in total. The highest BCUT2D eigenvalue weighted by atomic mass is 16.3. The summed E-state index contributed by atoms with van der Waals surface area (Å²) in [6.45, 7) is 6.72. The van der Waals surface area contributed by atoms with E-state index in [1.54, 1.807) is 0 Å². The molecule has 3 unspecified atom stereocenters. The van der Waals surface area contributed by atoms with Gasteiger partial charge in [0.1, 0.15) is 0 Å². The van der Waals surface area contributed by atoms with Crippen LogP contribution < -0.4 is 0 Å². The van der Waals surface area contributed by atoms with Crippen LogP contribution in [0.4, 0.5) is 0 Å². The predicted molar refractivity (Wildman–Crippen MR) is 69.9 cm³/mol. The number of aliphatic hydroxyl groups is 1. The largest absolute Gasteiger partial charge is 0.388 e. The van der Waals surface area contributed by atoms with Crippen LogP contribution in [0, 0.1) is 11.3 Å². The molecular formula is C16H22O. The molecule has 0 saturated heterocycles. The number of benzene rings is 1. The van der Waals surface area contributed by atoms with Crippen molar-refractivity contribution >= 4 is 0 Å². The lowest BCUT2D eigenvalue weighted by Crippen LogP contribution is -2.73. The van der Waals surface area contributed by atoms with Gasteiger partial charge in [0.05, 0.1) is 5.60 Å². The van der Waals surface area contributed by atoms with Crippen LogP contribution in [0.15, 0.2) is 30.3 Å². The highest BCUT2D eigenvalue weighted by Gasteiger charge is 2.69. The van der Waals surface area contributed by atoms with Crippen LogP contribution in [0.5, 0.6) is 0 Å². The molecule has 1 N–H and O–H groups in total. The molecule has 0 spiro atoms. The molecule has 0 radical (unpaired) electrons. The van der Waals surface area contributed by atoms with Gasteiger partial charge in [0.2, 0.25) is 0 Å². The van der Waals surface area contributed by atoms with Gasteiger partial charge in [0.25, 0.3) is 0 Å². The van der Waals surface area contributed by atoms with Crippen molar-refractivity contribution in [2.24, 2.45) is 11.3 Å². The molecule has 2 bridgehead atoms. The summed E-state index contributed by atoms with van der Waals surface area (Å²) in [4.78, 5) is 0. The van der Waals surface area contributed by atoms with Crippen molar-refractivity contribution in [1.82, 2.24) is 0 Å². The van der Waals surface area contributed by atoms with E-state index in [4.69, 9.17) is 0 Å². The summed E-state index contributed by atoms with van der Waals surface area (Å²) in [6, 6.07) is 10.6. The van der Waals surface area contributed by atoms with Gasteiger partial charge in [-0.2, -0.15) is 0 Å². The standard InChI is InChI=1S/C16H22O/c1-14(2)13-9-10-15(3,16(14,17)11-13)12-7-5-4-6-8-12/h4-8,13,17H,9-11H2,1-3H3. The fourth-order valence-electron chi connectivity index (χ4n) is 4.34. The summed E-state index contributed by atoms with van der Waals surface area (Å²) in [7, 11) is 0. The van der Waals surface area contributed by atoms with Gasteiger partial charge < -0.3 is 5.11 Å². The maximum atomic E-state index is 11.1. The van der Waals surface area contributed by atoms with Crippen LogP contribution in [-0.4, -0.2) is 10.7 Å². The fourth-order valence-corrected chi connectivity index (χ4v) is 4.34. The summed E-state index contributed by atoms with van der Waals surface area (Å²) in [6.07, 6.45) is 3.34. The first-order valence-electron chi connectivity index (χ1n) is 6.70. The van der Waals surface area contributed by atoms with Gasteiger partial charge in [-0.15, -0.1) is 0 Å². The van der Waals surface area contributed by atoms with Crippen LogP contribution in [0.2, 0.25) is 0 Å². The van der Waals surface area contributed by atoms with E-state index >= 15 is 0 Å². The molecule has 3 fully saturated rings. The van der Waals surface area contributed by atoms with Crippen molar-refractivity contribution in [3.05, 3.63) is 35.9 Å². The minimum absolute atomic E-state index is 0.0653. The molecule has 1 aromatic rings. The van der Waals surface area contributed by atoms with E-state index in [1.165, 1.54) is 12.0 Å². The van der Waals surface area contributed by atoms with E-state index < -0.39 is 5.60 Å². The van der Waals surface area contributed by atoms with Gasteiger partial charge in [0.15, 0.2) is 0 Å². The Labute approximate surface area is 104 Å². The molecule has 0 amide bonds. The normalized spacial score (nSPS) is 42.9. The van der Waals surface area contributed by atoms with Gasteiger partial charge in [-0.25, -0.2) is 0 Å². The molecular weight excluding hydrogens is 208 g/mol. The second-order valence-corrected chi connectivity index (χ2v) is 6.72. The lowest BCUT2D eigenvalue weighted by molar-refractivity contribution is -0.264. The van der Waals surface area contributed by atoms with Crippen LogP contribution in [-0.2, 0) is 5.41 Å². The third kappa shape index (κ3) is 1.14. The van der Waals surface area contributed by atoms with Crippen molar-refractivity contribution in [3.63, 3.8) is 0 Å². The average Bonchev–Trinajstić information content (AvgIpc) is 2.33. The molecule has 3 atom stereocenters. The first kappa shape index (κ1) is 11.3. The molecule has 0 aliphatic heterocycles. The minimum Gasteiger partial charge on any atom is -0.388 e. The second kappa shape index (κ2) is 3.14. The predicted octanol–water partition coefficient (Wildman–Crippen LogP) is 3.52. The Morgan fingerprint density at radius 1 is 1.12 bits per heavy atom. The van der Waals surface area contributed by atoms with E-state index in [0.29, 0.717) is 5.92 Å². The highest BCUT2D eigenvalue weighted by molar-refractivity contribution is 5.35. The summed E-state index contributed by atoms with van der Waals surface area (Å²) in [5.74, 6) is 0.712. The van der Waals surface area contributed by atoms with Crippen LogP contribution in [0.25, 0.3) is 0 Å². The second-order valence-electron chi connectivity index (χ2n) is 6.72. The van der Waals surface area contributed by atoms with Crippen molar-refractivity contribution in [3.8, 4) is 0 Å². The van der Waals surface area contributed by atoms with Crippen molar-refractivity contribution in [2.45, 2.75) is 51.0 Å². The molecule has 3 aliphatic rings. The number of rotatable bonds is 1. The summed E-state index contributed by atoms with van der Waals surface area (Å²) in [5.41, 5.74) is 0.765. The summed E-state index contributed by atoms with van der Waals surface area (Å²) in [5, 5.41) is 11.1. The summed E-state index contributed by atoms with van der Waals surface area (Å²) < 4.78 is 0. The zero-order valence-corrected chi connectivity index (χ0v) is 11.0. The lowest BCUT2D eigenvalue weighted by atomic mass is 9.37. The van der Waals surface area contributed by atoms with E-state index in [9.17, 15) is 5.11 Å². The molecule has 1 heteroatoms. The Hall–Kier alpha value is -0.820. The Morgan fingerprint density at radius 2 is 1.76 bits per heavy atom. The topological polar surface area (TPSA) is 20.2 Å². The van der Waals surface area contributed by atoms with E-state index in [-0.39, 0.29) is 10.8 Å². The molecule has 0 heterocycles. The zero-order valence-electron chi connectivity index (χ0n) is 11.0. The smallest absolute Gasteiger partial charge is 0.0797 e. The van der Waals surface area contributed by atoms with Gasteiger partial charge in [-0.3, -0.25) is 0 Å². The highest BCUT2D eigenvalue weighted by Crippen LogP contribution is 2.68. The molecule has 92 valence electrons. The van der Waals surface area contributed by atoms with Gasteiger partial charge in [-0.1, -0.05) is 51.1 Å². The average molecular weight is 230 g/mol. The van der Waals surface area contributed by atoms with E-state index in [1.807, 2.05) is 0 Å². The minimum atomic E-state index is -0.524. The van der Waals surface area contributed by atoms with Crippen molar-refractivity contribution < 1.29 is 5.11 Å². The third-order valence-corrected chi connectivity index (χ3v) is 5.94. The summed E-state index contributed by atoms with van der Waals surface area (Å²) >= 11 is 0. The molecule has 4 rings (SSSR count). The molecule has 1 aromatic carbocycles. The maximum absolute atomic E-state index is 11.1. The maximum Gasteiger partial charge on any atom is 0.0797 e. The van der Waals surface area contributed by atoms with Gasteiger partial charge in [0, 0.05) is 5.41 Å². The molecule has 0 aromatic heterocycles. The Balaban J connectivity index is 2.09. The Morgan fingerprint density at radius 3 is 2.35 bits per heavy atom. The Bertz CT molecular complexity index is 436. The van der Waals surface area contributed by atoms with Crippen LogP contribution in [0.3, 0.4) is 0 Å². The number of hydrogen-bond acceptors (Lipinski definition) is 1. The third-order valence-electron chi connectivity index (χ3n) is 5.94. The molecule has 3 aliphatic carbocycles. The van der Waals surface area contributed by atoms with Crippen molar-refractivity contribution in [2.75, 3.05) is 0 Å². The molecule has 17 heavy (non-hydrogen) atoms. The lowest BCUT2D eigenvalue weighted by Gasteiger charge is -2.70. The number of fused-ring (bicyclic) bond motifs is 2. The monoisotopic (exact) mass is 230 g/mol. The SMILES string of the molecule is CC1(c2ccccc2)CCC2CC1(O)C2(C)C. The van der Waals surface area contributed by atoms with Gasteiger partial charge in [-0.05, 0) is 36.2 Å².